The standard InChI is InChI=1S/C16H12ClF3O/c1-9-7-11(16(18,19)20)3-5-13(9)15(21)14-6-4-12(17)8-10(14)2/h3-8H,1-2H3. The molecule has 0 aromatic heterocycles. The van der Waals surface area contributed by atoms with Crippen molar-refractivity contribution in [2.45, 2.75) is 20.0 Å². The summed E-state index contributed by atoms with van der Waals surface area (Å²) in [5.74, 6) is -0.310. The fourth-order valence-corrected chi connectivity index (χ4v) is 2.35. The molecule has 0 saturated carbocycles. The number of carbonyl (C=O) groups excluding carboxylic acids is 1. The van der Waals surface area contributed by atoms with Gasteiger partial charge in [0, 0.05) is 16.1 Å². The van der Waals surface area contributed by atoms with Crippen molar-refractivity contribution >= 4 is 17.4 Å². The maximum Gasteiger partial charge on any atom is 0.416 e. The molecule has 0 fully saturated rings. The Labute approximate surface area is 125 Å². The highest BCUT2D eigenvalue weighted by Crippen LogP contribution is 2.31. The van der Waals surface area contributed by atoms with Gasteiger partial charge in [-0.3, -0.25) is 4.79 Å². The Morgan fingerprint density at radius 3 is 1.95 bits per heavy atom. The van der Waals surface area contributed by atoms with Crippen molar-refractivity contribution in [3.63, 3.8) is 0 Å². The van der Waals surface area contributed by atoms with Crippen LogP contribution in [0.1, 0.15) is 32.6 Å². The van der Waals surface area contributed by atoms with Gasteiger partial charge in [-0.15, -0.1) is 0 Å². The first-order valence-electron chi connectivity index (χ1n) is 6.19. The summed E-state index contributed by atoms with van der Waals surface area (Å²) in [6.45, 7) is 3.23. The van der Waals surface area contributed by atoms with E-state index in [1.165, 1.54) is 13.0 Å². The van der Waals surface area contributed by atoms with Crippen molar-refractivity contribution < 1.29 is 18.0 Å². The zero-order chi connectivity index (χ0) is 15.8. The molecule has 0 aliphatic carbocycles. The molecule has 0 radical (unpaired) electrons. The van der Waals surface area contributed by atoms with Crippen LogP contribution in [0.25, 0.3) is 0 Å². The third-order valence-corrected chi connectivity index (χ3v) is 3.47. The average molecular weight is 313 g/mol. The molecule has 0 unspecified atom stereocenters. The summed E-state index contributed by atoms with van der Waals surface area (Å²) < 4.78 is 37.9. The molecule has 0 spiro atoms. The van der Waals surface area contributed by atoms with Gasteiger partial charge in [0.1, 0.15) is 0 Å². The van der Waals surface area contributed by atoms with Crippen molar-refractivity contribution in [1.82, 2.24) is 0 Å². The molecule has 0 amide bonds. The summed E-state index contributed by atoms with van der Waals surface area (Å²) in [5.41, 5.74) is 0.913. The summed E-state index contributed by atoms with van der Waals surface area (Å²) in [7, 11) is 0. The lowest BCUT2D eigenvalue weighted by molar-refractivity contribution is -0.137. The lowest BCUT2D eigenvalue weighted by Crippen LogP contribution is -2.09. The molecular weight excluding hydrogens is 301 g/mol. The highest BCUT2D eigenvalue weighted by molar-refractivity contribution is 6.30. The summed E-state index contributed by atoms with van der Waals surface area (Å²) in [6, 6.07) is 7.94. The van der Waals surface area contributed by atoms with Gasteiger partial charge >= 0.3 is 6.18 Å². The summed E-state index contributed by atoms with van der Waals surface area (Å²) >= 11 is 5.83. The smallest absolute Gasteiger partial charge is 0.289 e. The Bertz CT molecular complexity index is 705. The van der Waals surface area contributed by atoms with E-state index in [0.29, 0.717) is 21.7 Å². The molecule has 0 aliphatic heterocycles. The molecule has 0 N–H and O–H groups in total. The van der Waals surface area contributed by atoms with Crippen LogP contribution >= 0.6 is 11.6 Å². The van der Waals surface area contributed by atoms with E-state index in [-0.39, 0.29) is 11.3 Å². The molecule has 5 heteroatoms. The third-order valence-electron chi connectivity index (χ3n) is 3.23. The van der Waals surface area contributed by atoms with Crippen molar-refractivity contribution in [3.05, 3.63) is 69.2 Å². The van der Waals surface area contributed by atoms with E-state index in [1.54, 1.807) is 25.1 Å². The fourth-order valence-electron chi connectivity index (χ4n) is 2.12. The Hall–Kier alpha value is -1.81. The molecular formula is C16H12ClF3O. The minimum absolute atomic E-state index is 0.258. The van der Waals surface area contributed by atoms with Crippen LogP contribution in [0, 0.1) is 13.8 Å². The first-order valence-corrected chi connectivity index (χ1v) is 6.56. The summed E-state index contributed by atoms with van der Waals surface area (Å²) in [4.78, 5) is 12.4. The van der Waals surface area contributed by atoms with E-state index in [1.807, 2.05) is 0 Å². The van der Waals surface area contributed by atoms with Gasteiger partial charge in [0.25, 0.3) is 0 Å². The number of carbonyl (C=O) groups is 1. The highest BCUT2D eigenvalue weighted by Gasteiger charge is 2.31. The summed E-state index contributed by atoms with van der Waals surface area (Å²) in [6.07, 6.45) is -4.41. The van der Waals surface area contributed by atoms with Crippen LogP contribution in [0.4, 0.5) is 13.2 Å². The lowest BCUT2D eigenvalue weighted by Gasteiger charge is -2.11. The normalized spacial score (nSPS) is 11.5. The van der Waals surface area contributed by atoms with E-state index in [4.69, 9.17) is 11.6 Å². The predicted octanol–water partition coefficient (Wildman–Crippen LogP) is 5.21. The molecule has 1 nitrogen and oxygen atoms in total. The second-order valence-corrected chi connectivity index (χ2v) is 5.25. The number of hydrogen-bond acceptors (Lipinski definition) is 1. The number of halogens is 4. The fraction of sp³-hybridized carbons (Fsp3) is 0.188. The van der Waals surface area contributed by atoms with Gasteiger partial charge in [0.15, 0.2) is 5.78 Å². The van der Waals surface area contributed by atoms with Crippen molar-refractivity contribution in [3.8, 4) is 0 Å². The minimum atomic E-state index is -4.41. The van der Waals surface area contributed by atoms with Crippen LogP contribution in [0.3, 0.4) is 0 Å². The van der Waals surface area contributed by atoms with Crippen LogP contribution in [-0.4, -0.2) is 5.78 Å². The minimum Gasteiger partial charge on any atom is -0.289 e. The maximum absolute atomic E-state index is 12.6. The maximum atomic E-state index is 12.6. The molecule has 110 valence electrons. The molecule has 0 saturated heterocycles. The van der Waals surface area contributed by atoms with E-state index >= 15 is 0 Å². The first kappa shape index (κ1) is 15.6. The monoisotopic (exact) mass is 312 g/mol. The molecule has 0 heterocycles. The molecule has 0 aliphatic rings. The SMILES string of the molecule is Cc1cc(Cl)ccc1C(=O)c1ccc(C(F)(F)F)cc1C. The summed E-state index contributed by atoms with van der Waals surface area (Å²) in [5, 5.41) is 0.508. The number of rotatable bonds is 2. The first-order chi connectivity index (χ1) is 9.70. The highest BCUT2D eigenvalue weighted by atomic mass is 35.5. The van der Waals surface area contributed by atoms with Crippen LogP contribution in [0.5, 0.6) is 0 Å². The Balaban J connectivity index is 2.45. The van der Waals surface area contributed by atoms with E-state index in [2.05, 4.69) is 0 Å². The van der Waals surface area contributed by atoms with E-state index < -0.39 is 11.7 Å². The Morgan fingerprint density at radius 2 is 1.48 bits per heavy atom. The predicted molar refractivity (Wildman–Crippen MR) is 75.8 cm³/mol. The number of aryl methyl sites for hydroxylation is 2. The van der Waals surface area contributed by atoms with Crippen molar-refractivity contribution in [1.29, 1.82) is 0 Å². The molecule has 2 aromatic carbocycles. The van der Waals surface area contributed by atoms with Crippen LogP contribution in [0.15, 0.2) is 36.4 Å². The van der Waals surface area contributed by atoms with E-state index in [9.17, 15) is 18.0 Å². The number of hydrogen-bond donors (Lipinski definition) is 0. The van der Waals surface area contributed by atoms with Crippen molar-refractivity contribution in [2.75, 3.05) is 0 Å². The second kappa shape index (κ2) is 5.53. The van der Waals surface area contributed by atoms with Gasteiger partial charge in [0.2, 0.25) is 0 Å². The quantitative estimate of drug-likeness (QED) is 0.696. The van der Waals surface area contributed by atoms with Gasteiger partial charge in [-0.1, -0.05) is 17.7 Å². The topological polar surface area (TPSA) is 17.1 Å². The lowest BCUT2D eigenvalue weighted by atomic mass is 9.95. The number of ketones is 1. The zero-order valence-electron chi connectivity index (χ0n) is 11.4. The van der Waals surface area contributed by atoms with Gasteiger partial charge in [-0.05, 0) is 55.3 Å². The Morgan fingerprint density at radius 1 is 0.952 bits per heavy atom. The third kappa shape index (κ3) is 3.27. The van der Waals surface area contributed by atoms with Gasteiger partial charge < -0.3 is 0 Å². The van der Waals surface area contributed by atoms with Gasteiger partial charge in [0.05, 0.1) is 5.56 Å². The molecule has 0 bridgehead atoms. The van der Waals surface area contributed by atoms with Crippen LogP contribution in [0.2, 0.25) is 5.02 Å². The average Bonchev–Trinajstić information content (AvgIpc) is 2.36. The molecule has 21 heavy (non-hydrogen) atoms. The number of benzene rings is 2. The van der Waals surface area contributed by atoms with Gasteiger partial charge in [-0.25, -0.2) is 0 Å². The van der Waals surface area contributed by atoms with Crippen molar-refractivity contribution in [2.24, 2.45) is 0 Å². The second-order valence-electron chi connectivity index (χ2n) is 4.82. The Kier molecular flexibility index (Phi) is 4.10. The van der Waals surface area contributed by atoms with Crippen LogP contribution in [-0.2, 0) is 6.18 Å². The van der Waals surface area contributed by atoms with Crippen LogP contribution < -0.4 is 0 Å². The number of alkyl halides is 3. The molecule has 0 atom stereocenters. The largest absolute Gasteiger partial charge is 0.416 e. The van der Waals surface area contributed by atoms with E-state index in [0.717, 1.165) is 12.1 Å². The van der Waals surface area contributed by atoms with Gasteiger partial charge in [-0.2, -0.15) is 13.2 Å². The molecule has 2 rings (SSSR count). The molecule has 2 aromatic rings. The zero-order valence-corrected chi connectivity index (χ0v) is 12.1.